The van der Waals surface area contributed by atoms with E-state index in [0.717, 1.165) is 30.5 Å². The van der Waals surface area contributed by atoms with E-state index in [-0.39, 0.29) is 0 Å². The van der Waals surface area contributed by atoms with Crippen molar-refractivity contribution in [2.75, 3.05) is 0 Å². The van der Waals surface area contributed by atoms with Crippen molar-refractivity contribution in [3.05, 3.63) is 23.2 Å². The van der Waals surface area contributed by atoms with Gasteiger partial charge in [0.25, 0.3) is 0 Å². The van der Waals surface area contributed by atoms with Crippen molar-refractivity contribution in [2.24, 2.45) is 0 Å². The van der Waals surface area contributed by atoms with E-state index in [1.54, 1.807) is 0 Å². The van der Waals surface area contributed by atoms with Crippen molar-refractivity contribution in [3.63, 3.8) is 0 Å². The van der Waals surface area contributed by atoms with E-state index < -0.39 is 0 Å². The average Bonchev–Trinajstić information content (AvgIpc) is 3.23. The van der Waals surface area contributed by atoms with Crippen LogP contribution in [0, 0.1) is 6.92 Å². The zero-order valence-electron chi connectivity index (χ0n) is 13.9. The van der Waals surface area contributed by atoms with Gasteiger partial charge in [-0.1, -0.05) is 32.6 Å². The number of unbranched alkanes of at least 4 members (excludes halogenated alkanes) is 3. The zero-order valence-corrected chi connectivity index (χ0v) is 13.9. The molecular formula is C18H31NO2. The third-order valence-corrected chi connectivity index (χ3v) is 4.20. The van der Waals surface area contributed by atoms with Crippen molar-refractivity contribution in [1.29, 1.82) is 0 Å². The average molecular weight is 293 g/mol. The number of furan rings is 1. The molecule has 0 radical (unpaired) electrons. The Morgan fingerprint density at radius 2 is 2.14 bits per heavy atom. The lowest BCUT2D eigenvalue weighted by atomic mass is 10.1. The van der Waals surface area contributed by atoms with Crippen LogP contribution in [0.15, 0.2) is 10.5 Å². The quantitative estimate of drug-likeness (QED) is 0.600. The Morgan fingerprint density at radius 3 is 2.86 bits per heavy atom. The molecular weight excluding hydrogens is 262 g/mol. The van der Waals surface area contributed by atoms with Gasteiger partial charge < -0.3 is 14.5 Å². The second kappa shape index (κ2) is 8.60. The van der Waals surface area contributed by atoms with Crippen LogP contribution < -0.4 is 5.32 Å². The minimum atomic E-state index is 0.337. The molecule has 3 heteroatoms. The summed E-state index contributed by atoms with van der Waals surface area (Å²) >= 11 is 0. The minimum Gasteiger partial charge on any atom is -0.465 e. The summed E-state index contributed by atoms with van der Waals surface area (Å²) in [4.78, 5) is 0. The fourth-order valence-corrected chi connectivity index (χ4v) is 2.52. The van der Waals surface area contributed by atoms with Gasteiger partial charge >= 0.3 is 0 Å². The van der Waals surface area contributed by atoms with Crippen LogP contribution in [0.3, 0.4) is 0 Å². The van der Waals surface area contributed by atoms with Crippen LogP contribution in [-0.4, -0.2) is 12.1 Å². The van der Waals surface area contributed by atoms with Crippen molar-refractivity contribution >= 4 is 0 Å². The summed E-state index contributed by atoms with van der Waals surface area (Å²) in [6.07, 6.45) is 9.35. The Hall–Kier alpha value is -0.800. The molecule has 1 atom stereocenters. The molecule has 120 valence electrons. The van der Waals surface area contributed by atoms with E-state index in [9.17, 15) is 0 Å². The van der Waals surface area contributed by atoms with E-state index in [0.29, 0.717) is 12.7 Å². The minimum absolute atomic E-state index is 0.337. The molecule has 1 N–H and O–H groups in total. The van der Waals surface area contributed by atoms with Gasteiger partial charge in [0.15, 0.2) is 0 Å². The van der Waals surface area contributed by atoms with Gasteiger partial charge in [-0.2, -0.15) is 0 Å². The van der Waals surface area contributed by atoms with Gasteiger partial charge in [0.1, 0.15) is 11.5 Å². The summed E-state index contributed by atoms with van der Waals surface area (Å²) in [7, 11) is 0. The zero-order chi connectivity index (χ0) is 15.1. The number of nitrogens with one attached hydrogen (secondary N) is 1. The lowest BCUT2D eigenvalue weighted by Gasteiger charge is -2.12. The highest BCUT2D eigenvalue weighted by Crippen LogP contribution is 2.21. The highest BCUT2D eigenvalue weighted by atomic mass is 16.5. The van der Waals surface area contributed by atoms with Crippen molar-refractivity contribution < 1.29 is 9.15 Å². The van der Waals surface area contributed by atoms with Crippen LogP contribution in [0.2, 0.25) is 0 Å². The predicted molar refractivity (Wildman–Crippen MR) is 86.3 cm³/mol. The van der Waals surface area contributed by atoms with Gasteiger partial charge in [-0.05, 0) is 39.2 Å². The molecule has 1 saturated carbocycles. The fraction of sp³-hybridized carbons (Fsp3) is 0.778. The molecule has 0 aliphatic heterocycles. The molecule has 0 bridgehead atoms. The SMILES string of the molecule is CCCCCCC(C)OCc1cc(CNC2CC2)oc1C. The molecule has 1 unspecified atom stereocenters. The maximum atomic E-state index is 5.96. The molecule has 1 fully saturated rings. The predicted octanol–water partition coefficient (Wildman–Crippen LogP) is 4.72. The second-order valence-electron chi connectivity index (χ2n) is 6.42. The number of hydrogen-bond acceptors (Lipinski definition) is 3. The fourth-order valence-electron chi connectivity index (χ4n) is 2.52. The largest absolute Gasteiger partial charge is 0.465 e. The molecule has 1 aromatic heterocycles. The summed E-state index contributed by atoms with van der Waals surface area (Å²) in [5.74, 6) is 2.04. The number of ether oxygens (including phenoxy) is 1. The summed E-state index contributed by atoms with van der Waals surface area (Å²) in [5.41, 5.74) is 1.20. The summed E-state index contributed by atoms with van der Waals surface area (Å²) in [5, 5.41) is 3.48. The molecule has 3 nitrogen and oxygen atoms in total. The Labute approximate surface area is 129 Å². The van der Waals surface area contributed by atoms with Gasteiger partial charge in [0.2, 0.25) is 0 Å². The molecule has 1 heterocycles. The molecule has 21 heavy (non-hydrogen) atoms. The molecule has 0 amide bonds. The van der Waals surface area contributed by atoms with E-state index in [1.807, 2.05) is 6.92 Å². The summed E-state index contributed by atoms with van der Waals surface area (Å²) in [6, 6.07) is 2.87. The van der Waals surface area contributed by atoms with E-state index in [2.05, 4.69) is 25.2 Å². The monoisotopic (exact) mass is 293 g/mol. The van der Waals surface area contributed by atoms with Crippen LogP contribution in [0.1, 0.15) is 75.9 Å². The third kappa shape index (κ3) is 6.23. The second-order valence-corrected chi connectivity index (χ2v) is 6.42. The first-order valence-electron chi connectivity index (χ1n) is 8.62. The first-order chi connectivity index (χ1) is 10.2. The van der Waals surface area contributed by atoms with Gasteiger partial charge in [-0.25, -0.2) is 0 Å². The van der Waals surface area contributed by atoms with Crippen LogP contribution in [0.5, 0.6) is 0 Å². The van der Waals surface area contributed by atoms with Crippen LogP contribution in [0.25, 0.3) is 0 Å². The highest BCUT2D eigenvalue weighted by Gasteiger charge is 2.21. The maximum Gasteiger partial charge on any atom is 0.118 e. The lowest BCUT2D eigenvalue weighted by molar-refractivity contribution is 0.0453. The van der Waals surface area contributed by atoms with Crippen molar-refractivity contribution in [1.82, 2.24) is 5.32 Å². The molecule has 2 rings (SSSR count). The number of hydrogen-bond donors (Lipinski definition) is 1. The highest BCUT2D eigenvalue weighted by molar-refractivity contribution is 5.20. The van der Waals surface area contributed by atoms with E-state index in [4.69, 9.17) is 9.15 Å². The Balaban J connectivity index is 1.66. The van der Waals surface area contributed by atoms with Crippen LogP contribution >= 0.6 is 0 Å². The smallest absolute Gasteiger partial charge is 0.118 e. The molecule has 0 spiro atoms. The number of aryl methyl sites for hydroxylation is 1. The normalized spacial score (nSPS) is 16.3. The Kier molecular flexibility index (Phi) is 6.78. The first-order valence-corrected chi connectivity index (χ1v) is 8.62. The van der Waals surface area contributed by atoms with Crippen LogP contribution in [0.4, 0.5) is 0 Å². The van der Waals surface area contributed by atoms with E-state index >= 15 is 0 Å². The summed E-state index contributed by atoms with van der Waals surface area (Å²) < 4.78 is 11.8. The molecule has 1 aliphatic carbocycles. The Bertz CT molecular complexity index is 409. The van der Waals surface area contributed by atoms with E-state index in [1.165, 1.54) is 44.1 Å². The van der Waals surface area contributed by atoms with Crippen molar-refractivity contribution in [3.8, 4) is 0 Å². The van der Waals surface area contributed by atoms with Crippen molar-refractivity contribution in [2.45, 2.75) is 91.0 Å². The molecule has 1 aliphatic rings. The molecule has 1 aromatic rings. The van der Waals surface area contributed by atoms with Crippen LogP contribution in [-0.2, 0) is 17.9 Å². The van der Waals surface area contributed by atoms with Gasteiger partial charge in [-0.3, -0.25) is 0 Å². The maximum absolute atomic E-state index is 5.96. The first kappa shape index (κ1) is 16.6. The van der Waals surface area contributed by atoms with Gasteiger partial charge in [0.05, 0.1) is 19.3 Å². The Morgan fingerprint density at radius 1 is 1.33 bits per heavy atom. The van der Waals surface area contributed by atoms with Gasteiger partial charge in [0, 0.05) is 11.6 Å². The number of rotatable bonds is 11. The summed E-state index contributed by atoms with van der Waals surface area (Å²) in [6.45, 7) is 7.98. The third-order valence-electron chi connectivity index (χ3n) is 4.20. The molecule has 0 saturated heterocycles. The standard InChI is InChI=1S/C18H31NO2/c1-4-5-6-7-8-14(2)20-13-16-11-18(21-15(16)3)12-19-17-9-10-17/h11,14,17,19H,4-10,12-13H2,1-3H3. The molecule has 0 aromatic carbocycles. The van der Waals surface area contributed by atoms with Gasteiger partial charge in [-0.15, -0.1) is 0 Å². The lowest BCUT2D eigenvalue weighted by Crippen LogP contribution is -2.14. The topological polar surface area (TPSA) is 34.4 Å².